The molecule has 1 saturated heterocycles. The Morgan fingerprint density at radius 2 is 1.81 bits per heavy atom. The largest absolute Gasteiger partial charge is 0.497 e. The highest BCUT2D eigenvalue weighted by atomic mass is 35.5. The highest BCUT2D eigenvalue weighted by Gasteiger charge is 2.40. The third-order valence-corrected chi connectivity index (χ3v) is 6.35. The van der Waals surface area contributed by atoms with Crippen LogP contribution in [0.15, 0.2) is 47.6 Å². The van der Waals surface area contributed by atoms with Crippen LogP contribution in [0, 0.1) is 5.92 Å². The lowest BCUT2D eigenvalue weighted by molar-refractivity contribution is -0.126. The van der Waals surface area contributed by atoms with Gasteiger partial charge in [-0.15, -0.1) is 0 Å². The van der Waals surface area contributed by atoms with Gasteiger partial charge in [-0.05, 0) is 35.9 Å². The average Bonchev–Trinajstić information content (AvgIpc) is 3.12. The first-order chi connectivity index (χ1) is 15.4. The van der Waals surface area contributed by atoms with Crippen molar-refractivity contribution in [2.45, 2.75) is 25.8 Å². The molecule has 7 nitrogen and oxygen atoms in total. The normalized spacial score (nSPS) is 21.4. The molecule has 2 atom stereocenters. The lowest BCUT2D eigenvalue weighted by Gasteiger charge is -2.28. The van der Waals surface area contributed by atoms with E-state index in [9.17, 15) is 9.59 Å². The molecule has 2 aliphatic heterocycles. The van der Waals surface area contributed by atoms with Gasteiger partial charge in [-0.25, -0.2) is 5.01 Å². The van der Waals surface area contributed by atoms with E-state index >= 15 is 0 Å². The summed E-state index contributed by atoms with van der Waals surface area (Å²) in [7, 11) is 1.62. The van der Waals surface area contributed by atoms with Crippen LogP contribution in [-0.4, -0.2) is 42.6 Å². The van der Waals surface area contributed by atoms with Gasteiger partial charge in [0.25, 0.3) is 5.91 Å². The van der Waals surface area contributed by atoms with Gasteiger partial charge in [-0.2, -0.15) is 5.10 Å². The first kappa shape index (κ1) is 22.6. The van der Waals surface area contributed by atoms with Crippen LogP contribution < -0.4 is 15.2 Å². The number of carbonyl (C=O) groups is 2. The summed E-state index contributed by atoms with van der Waals surface area (Å²) in [5.41, 5.74) is 4.94. The zero-order valence-electron chi connectivity index (χ0n) is 17.8. The summed E-state index contributed by atoms with van der Waals surface area (Å²) in [4.78, 5) is 24.6. The van der Waals surface area contributed by atoms with E-state index in [4.69, 9.17) is 33.0 Å². The van der Waals surface area contributed by atoms with Crippen LogP contribution in [-0.2, 0) is 9.59 Å². The van der Waals surface area contributed by atoms with Gasteiger partial charge in [0.1, 0.15) is 17.2 Å². The summed E-state index contributed by atoms with van der Waals surface area (Å²) in [6.45, 7) is 2.97. The molecule has 0 saturated carbocycles. The van der Waals surface area contributed by atoms with E-state index in [1.54, 1.807) is 35.3 Å². The number of ketones is 1. The zero-order valence-corrected chi connectivity index (χ0v) is 19.4. The Kier molecular flexibility index (Phi) is 6.69. The van der Waals surface area contributed by atoms with Gasteiger partial charge >= 0.3 is 0 Å². The second-order valence-corrected chi connectivity index (χ2v) is 8.74. The quantitative estimate of drug-likeness (QED) is 0.700. The fourth-order valence-electron chi connectivity index (χ4n) is 4.05. The Labute approximate surface area is 196 Å². The third kappa shape index (κ3) is 4.60. The van der Waals surface area contributed by atoms with Crippen molar-refractivity contribution in [3.8, 4) is 5.75 Å². The molecule has 4 rings (SSSR count). The van der Waals surface area contributed by atoms with Crippen molar-refractivity contribution in [3.63, 3.8) is 0 Å². The molecule has 2 unspecified atom stereocenters. The highest BCUT2D eigenvalue weighted by Crippen LogP contribution is 2.42. The molecule has 1 N–H and O–H groups in total. The van der Waals surface area contributed by atoms with Gasteiger partial charge < -0.3 is 4.74 Å². The van der Waals surface area contributed by atoms with Crippen molar-refractivity contribution in [1.82, 2.24) is 10.4 Å². The SMILES string of the molecule is COc1ccc(C2C(C)C(C(=O)NN3CCC(=O)CC3)=NN2c2ccc(Cl)cc2Cl)cc1. The number of ether oxygens (including phenoxy) is 1. The predicted molar refractivity (Wildman–Crippen MR) is 125 cm³/mol. The smallest absolute Gasteiger partial charge is 0.282 e. The molecule has 2 aromatic carbocycles. The summed E-state index contributed by atoms with van der Waals surface area (Å²) < 4.78 is 5.28. The number of amides is 1. The van der Waals surface area contributed by atoms with E-state index in [1.807, 2.05) is 31.2 Å². The van der Waals surface area contributed by atoms with Gasteiger partial charge in [0.15, 0.2) is 0 Å². The van der Waals surface area contributed by atoms with E-state index in [2.05, 4.69) is 5.43 Å². The van der Waals surface area contributed by atoms with Crippen LogP contribution in [0.1, 0.15) is 31.4 Å². The Balaban J connectivity index is 1.66. The van der Waals surface area contributed by atoms with Crippen LogP contribution in [0.25, 0.3) is 0 Å². The topological polar surface area (TPSA) is 74.2 Å². The van der Waals surface area contributed by atoms with Crippen molar-refractivity contribution in [2.24, 2.45) is 11.0 Å². The molecule has 2 aromatic rings. The first-order valence-corrected chi connectivity index (χ1v) is 11.2. The Hall–Kier alpha value is -2.61. The van der Waals surface area contributed by atoms with Crippen molar-refractivity contribution in [1.29, 1.82) is 0 Å². The maximum absolute atomic E-state index is 13.1. The molecule has 0 radical (unpaired) electrons. The van der Waals surface area contributed by atoms with E-state index in [0.29, 0.717) is 47.4 Å². The summed E-state index contributed by atoms with van der Waals surface area (Å²) in [5, 5.41) is 9.22. The highest BCUT2D eigenvalue weighted by molar-refractivity contribution is 6.41. The number of halogens is 2. The molecule has 0 spiro atoms. The summed E-state index contributed by atoms with van der Waals surface area (Å²) >= 11 is 12.6. The van der Waals surface area contributed by atoms with Gasteiger partial charge in [0.2, 0.25) is 0 Å². The molecule has 1 fully saturated rings. The van der Waals surface area contributed by atoms with Crippen molar-refractivity contribution >= 4 is 46.3 Å². The van der Waals surface area contributed by atoms with Crippen LogP contribution >= 0.6 is 23.2 Å². The van der Waals surface area contributed by atoms with Gasteiger partial charge in [-0.3, -0.25) is 20.0 Å². The minimum Gasteiger partial charge on any atom is -0.497 e. The van der Waals surface area contributed by atoms with Crippen LogP contribution in [0.4, 0.5) is 5.69 Å². The molecule has 2 heterocycles. The Morgan fingerprint density at radius 1 is 1.12 bits per heavy atom. The summed E-state index contributed by atoms with van der Waals surface area (Å²) in [6, 6.07) is 12.6. The number of methoxy groups -OCH3 is 1. The third-order valence-electron chi connectivity index (χ3n) is 5.81. The lowest BCUT2D eigenvalue weighted by Crippen LogP contribution is -2.49. The number of hydrogen-bond acceptors (Lipinski definition) is 6. The molecule has 32 heavy (non-hydrogen) atoms. The number of rotatable bonds is 5. The minimum absolute atomic E-state index is 0.213. The second-order valence-electron chi connectivity index (χ2n) is 7.90. The standard InChI is InChI=1S/C23H24Cl2N4O3/c1-14-21(23(31)27-28-11-9-17(30)10-12-28)26-29(20-8-5-16(24)13-19(20)25)22(14)15-3-6-18(32-2)7-4-15/h3-8,13-14,22H,9-12H2,1-2H3,(H,27,31). The number of anilines is 1. The molecule has 168 valence electrons. The molecule has 0 aromatic heterocycles. The number of Topliss-reactive ketones (excluding diaryl/α,β-unsaturated/α-hetero) is 1. The molecular weight excluding hydrogens is 451 g/mol. The number of piperidine rings is 1. The summed E-state index contributed by atoms with van der Waals surface area (Å²) in [6.07, 6.45) is 0.868. The van der Waals surface area contributed by atoms with Crippen LogP contribution in [0.2, 0.25) is 10.0 Å². The van der Waals surface area contributed by atoms with Gasteiger partial charge in [0.05, 0.1) is 23.9 Å². The maximum atomic E-state index is 13.1. The fraction of sp³-hybridized carbons (Fsp3) is 0.348. The Morgan fingerprint density at radius 3 is 2.44 bits per heavy atom. The zero-order chi connectivity index (χ0) is 22.8. The van der Waals surface area contributed by atoms with Crippen LogP contribution in [0.3, 0.4) is 0 Å². The monoisotopic (exact) mass is 474 g/mol. The van der Waals surface area contributed by atoms with Gasteiger partial charge in [0, 0.05) is 36.9 Å². The van der Waals surface area contributed by atoms with E-state index in [1.165, 1.54) is 0 Å². The van der Waals surface area contributed by atoms with Crippen molar-refractivity contribution < 1.29 is 14.3 Å². The molecule has 0 bridgehead atoms. The lowest BCUT2D eigenvalue weighted by atomic mass is 9.91. The number of hydrogen-bond donors (Lipinski definition) is 1. The second kappa shape index (κ2) is 9.48. The van der Waals surface area contributed by atoms with Crippen LogP contribution in [0.5, 0.6) is 5.75 Å². The fourth-order valence-corrected chi connectivity index (χ4v) is 4.55. The number of carbonyl (C=O) groups excluding carboxylic acids is 2. The Bertz CT molecular complexity index is 1050. The van der Waals surface area contributed by atoms with E-state index < -0.39 is 0 Å². The molecule has 2 aliphatic rings. The summed E-state index contributed by atoms with van der Waals surface area (Å²) in [5.74, 6) is 0.457. The van der Waals surface area contributed by atoms with E-state index in [-0.39, 0.29) is 23.7 Å². The van der Waals surface area contributed by atoms with Crippen molar-refractivity contribution in [3.05, 3.63) is 58.1 Å². The number of nitrogens with one attached hydrogen (secondary N) is 1. The number of benzene rings is 2. The minimum atomic E-state index is -0.280. The number of nitrogens with zero attached hydrogens (tertiary/aromatic N) is 3. The predicted octanol–water partition coefficient (Wildman–Crippen LogP) is 4.25. The average molecular weight is 475 g/mol. The molecule has 1 amide bonds. The molecule has 0 aliphatic carbocycles. The van der Waals surface area contributed by atoms with E-state index in [0.717, 1.165) is 11.3 Å². The number of hydrazine groups is 1. The van der Waals surface area contributed by atoms with Gasteiger partial charge in [-0.1, -0.05) is 42.3 Å². The first-order valence-electron chi connectivity index (χ1n) is 10.4. The number of hydrazone groups is 1. The van der Waals surface area contributed by atoms with Crippen molar-refractivity contribution in [2.75, 3.05) is 25.2 Å². The molecule has 9 heteroatoms. The maximum Gasteiger partial charge on any atom is 0.282 e. The molecular formula is C23H24Cl2N4O3.